The van der Waals surface area contributed by atoms with Crippen LogP contribution in [0.3, 0.4) is 0 Å². The van der Waals surface area contributed by atoms with E-state index in [0.717, 1.165) is 30.0 Å². The Morgan fingerprint density at radius 3 is 2.63 bits per heavy atom. The van der Waals surface area contributed by atoms with Crippen LogP contribution in [-0.4, -0.2) is 47.9 Å². The molecule has 2 heterocycles. The van der Waals surface area contributed by atoms with Crippen LogP contribution in [0.5, 0.6) is 0 Å². The minimum atomic E-state index is 0.132. The van der Waals surface area contributed by atoms with Gasteiger partial charge in [-0.1, -0.05) is 12.1 Å². The maximum Gasteiger partial charge on any atom is 0.255 e. The Labute approximate surface area is 120 Å². The Hall–Kier alpha value is -1.00. The van der Waals surface area contributed by atoms with Gasteiger partial charge in [0.15, 0.2) is 0 Å². The molecule has 3 nitrogen and oxygen atoms in total. The van der Waals surface area contributed by atoms with E-state index in [0.29, 0.717) is 6.04 Å². The molecule has 2 aliphatic rings. The van der Waals surface area contributed by atoms with Crippen LogP contribution in [0.4, 0.5) is 0 Å². The third kappa shape index (κ3) is 2.65. The molecule has 2 saturated heterocycles. The first-order valence-corrected chi connectivity index (χ1v) is 7.52. The Bertz CT molecular complexity index is 471. The Morgan fingerprint density at radius 1 is 1.16 bits per heavy atom. The van der Waals surface area contributed by atoms with Crippen LogP contribution in [0.2, 0.25) is 0 Å². The number of carbonyl (C=O) groups excluding carboxylic acids is 1. The third-order valence-electron chi connectivity index (χ3n) is 4.24. The molecule has 102 valence electrons. The van der Waals surface area contributed by atoms with Crippen molar-refractivity contribution in [1.29, 1.82) is 0 Å². The summed E-state index contributed by atoms with van der Waals surface area (Å²) in [5.41, 5.74) is 0.730. The number of thiol groups is 1. The summed E-state index contributed by atoms with van der Waals surface area (Å²) in [7, 11) is 0. The standard InChI is InChI=1S/C15H20N2OS/c18-15(13-5-1-2-6-14(13)19)17-10-7-12(11-17)16-8-3-4-9-16/h1-2,5-6,12,19H,3-4,7-11H2. The van der Waals surface area contributed by atoms with E-state index in [1.54, 1.807) is 0 Å². The van der Waals surface area contributed by atoms with Gasteiger partial charge in [0.1, 0.15) is 0 Å². The smallest absolute Gasteiger partial charge is 0.255 e. The highest BCUT2D eigenvalue weighted by molar-refractivity contribution is 7.80. The molecular weight excluding hydrogens is 256 g/mol. The molecule has 1 aromatic carbocycles. The second-order valence-electron chi connectivity index (χ2n) is 5.45. The third-order valence-corrected chi connectivity index (χ3v) is 4.63. The van der Waals surface area contributed by atoms with Gasteiger partial charge in [-0.05, 0) is 44.5 Å². The summed E-state index contributed by atoms with van der Waals surface area (Å²) in [6.07, 6.45) is 3.73. The second-order valence-corrected chi connectivity index (χ2v) is 5.94. The van der Waals surface area contributed by atoms with Crippen molar-refractivity contribution in [2.24, 2.45) is 0 Å². The number of carbonyl (C=O) groups is 1. The molecule has 1 amide bonds. The van der Waals surface area contributed by atoms with E-state index in [9.17, 15) is 4.79 Å². The molecule has 2 aliphatic heterocycles. The monoisotopic (exact) mass is 276 g/mol. The minimum Gasteiger partial charge on any atom is -0.337 e. The van der Waals surface area contributed by atoms with Gasteiger partial charge in [0, 0.05) is 24.0 Å². The Kier molecular flexibility index (Phi) is 3.80. The quantitative estimate of drug-likeness (QED) is 0.838. The minimum absolute atomic E-state index is 0.132. The molecule has 1 atom stereocenters. The second kappa shape index (κ2) is 5.55. The lowest BCUT2D eigenvalue weighted by molar-refractivity contribution is 0.0776. The number of hydrogen-bond donors (Lipinski definition) is 1. The molecule has 0 N–H and O–H groups in total. The molecular formula is C15H20N2OS. The van der Waals surface area contributed by atoms with Crippen LogP contribution in [0.1, 0.15) is 29.6 Å². The van der Waals surface area contributed by atoms with E-state index in [1.165, 1.54) is 25.9 Å². The largest absolute Gasteiger partial charge is 0.337 e. The van der Waals surface area contributed by atoms with Gasteiger partial charge in [-0.3, -0.25) is 9.69 Å². The van der Waals surface area contributed by atoms with Gasteiger partial charge in [-0.15, -0.1) is 12.6 Å². The number of rotatable bonds is 2. The van der Waals surface area contributed by atoms with Gasteiger partial charge in [0.25, 0.3) is 5.91 Å². The number of likely N-dealkylation sites (tertiary alicyclic amines) is 2. The summed E-state index contributed by atoms with van der Waals surface area (Å²) in [5, 5.41) is 0. The van der Waals surface area contributed by atoms with Crippen molar-refractivity contribution in [3.8, 4) is 0 Å². The van der Waals surface area contributed by atoms with E-state index in [-0.39, 0.29) is 5.91 Å². The van der Waals surface area contributed by atoms with Gasteiger partial charge in [-0.2, -0.15) is 0 Å². The van der Waals surface area contributed by atoms with E-state index in [2.05, 4.69) is 17.5 Å². The Morgan fingerprint density at radius 2 is 1.89 bits per heavy atom. The van der Waals surface area contributed by atoms with Crippen molar-refractivity contribution < 1.29 is 4.79 Å². The first kappa shape index (κ1) is 13.0. The molecule has 19 heavy (non-hydrogen) atoms. The highest BCUT2D eigenvalue weighted by atomic mass is 32.1. The van der Waals surface area contributed by atoms with Crippen molar-refractivity contribution in [3.05, 3.63) is 29.8 Å². The van der Waals surface area contributed by atoms with Crippen molar-refractivity contribution in [2.45, 2.75) is 30.2 Å². The van der Waals surface area contributed by atoms with Gasteiger partial charge in [0.05, 0.1) is 5.56 Å². The summed E-state index contributed by atoms with van der Waals surface area (Å²) >= 11 is 4.38. The number of benzene rings is 1. The zero-order valence-electron chi connectivity index (χ0n) is 11.1. The van der Waals surface area contributed by atoms with Gasteiger partial charge < -0.3 is 4.90 Å². The average Bonchev–Trinajstić information content (AvgIpc) is 3.09. The van der Waals surface area contributed by atoms with Crippen molar-refractivity contribution in [2.75, 3.05) is 26.2 Å². The maximum atomic E-state index is 12.5. The van der Waals surface area contributed by atoms with Gasteiger partial charge in [-0.25, -0.2) is 0 Å². The number of nitrogens with zero attached hydrogens (tertiary/aromatic N) is 2. The molecule has 4 heteroatoms. The molecule has 0 aromatic heterocycles. The average molecular weight is 276 g/mol. The molecule has 0 bridgehead atoms. The van der Waals surface area contributed by atoms with E-state index in [4.69, 9.17) is 0 Å². The first-order chi connectivity index (χ1) is 9.25. The normalized spacial score (nSPS) is 24.1. The van der Waals surface area contributed by atoms with Crippen LogP contribution in [0.25, 0.3) is 0 Å². The molecule has 0 radical (unpaired) electrons. The summed E-state index contributed by atoms with van der Waals surface area (Å²) in [5.74, 6) is 0.132. The molecule has 1 aromatic rings. The van der Waals surface area contributed by atoms with Gasteiger partial charge in [0.2, 0.25) is 0 Å². The summed E-state index contributed by atoms with van der Waals surface area (Å²) in [6.45, 7) is 4.16. The highest BCUT2D eigenvalue weighted by Gasteiger charge is 2.32. The predicted octanol–water partition coefficient (Wildman–Crippen LogP) is 2.29. The van der Waals surface area contributed by atoms with Crippen molar-refractivity contribution >= 4 is 18.5 Å². The van der Waals surface area contributed by atoms with Crippen LogP contribution >= 0.6 is 12.6 Å². The summed E-state index contributed by atoms with van der Waals surface area (Å²) in [6, 6.07) is 8.13. The van der Waals surface area contributed by atoms with E-state index >= 15 is 0 Å². The maximum absolute atomic E-state index is 12.5. The fourth-order valence-corrected chi connectivity index (χ4v) is 3.41. The topological polar surface area (TPSA) is 23.6 Å². The molecule has 1 unspecified atom stereocenters. The molecule has 0 aliphatic carbocycles. The number of hydrogen-bond acceptors (Lipinski definition) is 3. The SMILES string of the molecule is O=C(c1ccccc1S)N1CCC(N2CCCC2)C1. The zero-order chi connectivity index (χ0) is 13.2. The van der Waals surface area contributed by atoms with Crippen molar-refractivity contribution in [1.82, 2.24) is 9.80 Å². The summed E-state index contributed by atoms with van der Waals surface area (Å²) in [4.78, 5) is 17.8. The molecule has 2 fully saturated rings. The Balaban J connectivity index is 1.67. The fraction of sp³-hybridized carbons (Fsp3) is 0.533. The number of amides is 1. The lowest BCUT2D eigenvalue weighted by Crippen LogP contribution is -2.37. The van der Waals surface area contributed by atoms with E-state index < -0.39 is 0 Å². The molecule has 3 rings (SSSR count). The zero-order valence-corrected chi connectivity index (χ0v) is 12.0. The van der Waals surface area contributed by atoms with Crippen LogP contribution in [0.15, 0.2) is 29.2 Å². The first-order valence-electron chi connectivity index (χ1n) is 7.07. The lowest BCUT2D eigenvalue weighted by Gasteiger charge is -2.23. The predicted molar refractivity (Wildman–Crippen MR) is 78.8 cm³/mol. The summed E-state index contributed by atoms with van der Waals surface area (Å²) < 4.78 is 0. The molecule has 0 spiro atoms. The lowest BCUT2D eigenvalue weighted by atomic mass is 10.2. The van der Waals surface area contributed by atoms with Crippen LogP contribution < -0.4 is 0 Å². The molecule has 0 saturated carbocycles. The van der Waals surface area contributed by atoms with Gasteiger partial charge >= 0.3 is 0 Å². The van der Waals surface area contributed by atoms with Crippen LogP contribution in [0, 0.1) is 0 Å². The fourth-order valence-electron chi connectivity index (χ4n) is 3.16. The van der Waals surface area contributed by atoms with E-state index in [1.807, 2.05) is 29.2 Å². The van der Waals surface area contributed by atoms with Crippen molar-refractivity contribution in [3.63, 3.8) is 0 Å². The highest BCUT2D eigenvalue weighted by Crippen LogP contribution is 2.23. The van der Waals surface area contributed by atoms with Crippen LogP contribution in [-0.2, 0) is 0 Å².